The van der Waals surface area contributed by atoms with Gasteiger partial charge in [-0.15, -0.1) is 0 Å². The van der Waals surface area contributed by atoms with E-state index >= 15 is 0 Å². The molecule has 0 aliphatic carbocycles. The summed E-state index contributed by atoms with van der Waals surface area (Å²) in [5.41, 5.74) is 2.89. The second kappa shape index (κ2) is 11.6. The summed E-state index contributed by atoms with van der Waals surface area (Å²) in [6, 6.07) is 10.7. The topological polar surface area (TPSA) is 95.9 Å². The first-order valence-corrected chi connectivity index (χ1v) is 12.2. The molecule has 1 aliphatic rings. The second-order valence-corrected chi connectivity index (χ2v) is 9.28. The predicted octanol–water partition coefficient (Wildman–Crippen LogP) is 3.95. The molecule has 0 unspecified atom stereocenters. The number of hydrogen-bond acceptors (Lipinski definition) is 6. The Bertz CT molecular complexity index is 1240. The number of likely N-dealkylation sites (N-methyl/N-ethyl adjacent to an activating group) is 1. The number of benzene rings is 1. The molecule has 188 valence electrons. The average molecular weight is 509 g/mol. The van der Waals surface area contributed by atoms with Crippen molar-refractivity contribution in [3.63, 3.8) is 0 Å². The van der Waals surface area contributed by atoms with Crippen LogP contribution in [-0.4, -0.2) is 76.6 Å². The number of aromatic carboxylic acids is 1. The van der Waals surface area contributed by atoms with E-state index in [4.69, 9.17) is 16.3 Å². The first-order chi connectivity index (χ1) is 17.3. The van der Waals surface area contributed by atoms with Crippen LogP contribution in [0.1, 0.15) is 37.7 Å². The number of aryl methyl sites for hydroxylation is 1. The lowest BCUT2D eigenvalue weighted by molar-refractivity contribution is 0.0663. The third-order valence-corrected chi connectivity index (χ3v) is 6.52. The van der Waals surface area contributed by atoms with Crippen molar-refractivity contribution in [1.82, 2.24) is 19.8 Å². The van der Waals surface area contributed by atoms with E-state index in [0.29, 0.717) is 53.5 Å². The van der Waals surface area contributed by atoms with Crippen molar-refractivity contribution < 1.29 is 19.4 Å². The number of halogens is 1. The Labute approximate surface area is 215 Å². The van der Waals surface area contributed by atoms with Crippen molar-refractivity contribution in [3.8, 4) is 11.1 Å². The van der Waals surface area contributed by atoms with Crippen LogP contribution < -0.4 is 0 Å². The zero-order valence-electron chi connectivity index (χ0n) is 20.4. The second-order valence-electron chi connectivity index (χ2n) is 8.84. The van der Waals surface area contributed by atoms with Crippen molar-refractivity contribution in [3.05, 3.63) is 81.9 Å². The monoisotopic (exact) mass is 508 g/mol. The Morgan fingerprint density at radius 1 is 1.11 bits per heavy atom. The minimum atomic E-state index is -1.17. The predicted molar refractivity (Wildman–Crippen MR) is 137 cm³/mol. The van der Waals surface area contributed by atoms with Gasteiger partial charge in [-0.2, -0.15) is 0 Å². The molecule has 0 atom stereocenters. The summed E-state index contributed by atoms with van der Waals surface area (Å²) in [5, 5.41) is 10.7. The van der Waals surface area contributed by atoms with Crippen LogP contribution in [0.15, 0.2) is 48.8 Å². The van der Waals surface area contributed by atoms with Gasteiger partial charge in [0.15, 0.2) is 0 Å². The van der Waals surface area contributed by atoms with E-state index in [1.807, 2.05) is 19.2 Å². The molecule has 1 N–H and O–H groups in total. The molecule has 0 radical (unpaired) electrons. The SMILES string of the molecule is Cc1nc(COCCc2cccnc2)c(C(=O)O)c(-c2cccc(Cl)c2)c1C(=O)N1CCN(C)CC1. The molecule has 8 nitrogen and oxygen atoms in total. The summed E-state index contributed by atoms with van der Waals surface area (Å²) in [6.45, 7) is 4.73. The maximum absolute atomic E-state index is 13.7. The fraction of sp³-hybridized carbons (Fsp3) is 0.333. The molecule has 0 saturated carbocycles. The van der Waals surface area contributed by atoms with E-state index in [2.05, 4.69) is 14.9 Å². The Hall–Kier alpha value is -3.33. The number of carboxylic acid groups (broad SMARTS) is 1. The Balaban J connectivity index is 1.72. The molecule has 1 fully saturated rings. The van der Waals surface area contributed by atoms with Gasteiger partial charge in [-0.05, 0) is 49.7 Å². The van der Waals surface area contributed by atoms with Gasteiger partial charge in [0.05, 0.1) is 35.7 Å². The van der Waals surface area contributed by atoms with E-state index in [-0.39, 0.29) is 23.8 Å². The highest BCUT2D eigenvalue weighted by Gasteiger charge is 2.31. The number of carbonyl (C=O) groups is 2. The molecule has 9 heteroatoms. The van der Waals surface area contributed by atoms with Crippen molar-refractivity contribution in [1.29, 1.82) is 0 Å². The quantitative estimate of drug-likeness (QED) is 0.460. The normalized spacial score (nSPS) is 14.1. The van der Waals surface area contributed by atoms with Crippen molar-refractivity contribution >= 4 is 23.5 Å². The number of carboxylic acids is 1. The molecular weight excluding hydrogens is 480 g/mol. The van der Waals surface area contributed by atoms with Gasteiger partial charge in [-0.25, -0.2) is 4.79 Å². The number of amides is 1. The Morgan fingerprint density at radius 2 is 1.89 bits per heavy atom. The highest BCUT2D eigenvalue weighted by molar-refractivity contribution is 6.31. The van der Waals surface area contributed by atoms with Gasteiger partial charge in [-0.3, -0.25) is 14.8 Å². The summed E-state index contributed by atoms with van der Waals surface area (Å²) in [6.07, 6.45) is 4.11. The first-order valence-electron chi connectivity index (χ1n) is 11.8. The maximum atomic E-state index is 13.7. The minimum absolute atomic E-state index is 0.000714. The highest BCUT2D eigenvalue weighted by atomic mass is 35.5. The van der Waals surface area contributed by atoms with Crippen LogP contribution in [0.5, 0.6) is 0 Å². The molecule has 1 amide bonds. The van der Waals surface area contributed by atoms with E-state index < -0.39 is 5.97 Å². The van der Waals surface area contributed by atoms with Gasteiger partial charge in [0.1, 0.15) is 0 Å². The van der Waals surface area contributed by atoms with Crippen LogP contribution in [0.2, 0.25) is 5.02 Å². The zero-order chi connectivity index (χ0) is 25.7. The van der Waals surface area contributed by atoms with Gasteiger partial charge < -0.3 is 19.6 Å². The van der Waals surface area contributed by atoms with Crippen LogP contribution in [-0.2, 0) is 17.8 Å². The van der Waals surface area contributed by atoms with Crippen LogP contribution in [0, 0.1) is 6.92 Å². The van der Waals surface area contributed by atoms with Crippen molar-refractivity contribution in [2.45, 2.75) is 20.0 Å². The number of hydrogen-bond donors (Lipinski definition) is 1. The molecule has 2 aromatic heterocycles. The average Bonchev–Trinajstić information content (AvgIpc) is 2.86. The molecular formula is C27H29ClN4O4. The summed E-state index contributed by atoms with van der Waals surface area (Å²) < 4.78 is 5.83. The summed E-state index contributed by atoms with van der Waals surface area (Å²) in [5.74, 6) is -1.40. The number of piperazine rings is 1. The minimum Gasteiger partial charge on any atom is -0.478 e. The molecule has 0 bridgehead atoms. The lowest BCUT2D eigenvalue weighted by Gasteiger charge is -2.33. The van der Waals surface area contributed by atoms with Crippen molar-refractivity contribution in [2.24, 2.45) is 0 Å². The van der Waals surface area contributed by atoms with E-state index in [9.17, 15) is 14.7 Å². The largest absolute Gasteiger partial charge is 0.478 e. The number of rotatable bonds is 8. The Morgan fingerprint density at radius 3 is 2.56 bits per heavy atom. The van der Waals surface area contributed by atoms with Crippen LogP contribution in [0.4, 0.5) is 0 Å². The highest BCUT2D eigenvalue weighted by Crippen LogP contribution is 2.34. The molecule has 1 aromatic carbocycles. The molecule has 4 rings (SSSR count). The summed E-state index contributed by atoms with van der Waals surface area (Å²) in [4.78, 5) is 38.9. The molecule has 1 aliphatic heterocycles. The van der Waals surface area contributed by atoms with Crippen LogP contribution in [0.3, 0.4) is 0 Å². The first kappa shape index (κ1) is 25.8. The van der Waals surface area contributed by atoms with Gasteiger partial charge in [-0.1, -0.05) is 29.8 Å². The molecule has 1 saturated heterocycles. The summed E-state index contributed by atoms with van der Waals surface area (Å²) in [7, 11) is 2.01. The number of nitrogens with zero attached hydrogens (tertiary/aromatic N) is 4. The smallest absolute Gasteiger partial charge is 0.338 e. The molecule has 36 heavy (non-hydrogen) atoms. The lowest BCUT2D eigenvalue weighted by Crippen LogP contribution is -2.47. The summed E-state index contributed by atoms with van der Waals surface area (Å²) >= 11 is 6.27. The lowest BCUT2D eigenvalue weighted by atomic mass is 9.91. The van der Waals surface area contributed by atoms with Crippen molar-refractivity contribution in [2.75, 3.05) is 39.8 Å². The fourth-order valence-electron chi connectivity index (χ4n) is 4.37. The van der Waals surface area contributed by atoms with Crippen LogP contribution >= 0.6 is 11.6 Å². The number of pyridine rings is 2. The van der Waals surface area contributed by atoms with E-state index in [0.717, 1.165) is 18.7 Å². The standard InChI is InChI=1S/C27H29ClN4O4/c1-18-23(26(33)32-12-10-31(2)11-13-32)24(20-6-3-7-21(28)15-20)25(27(34)35)22(30-18)17-36-14-8-19-5-4-9-29-16-19/h3-7,9,15-16H,8,10-14,17H2,1-2H3,(H,34,35). The van der Waals surface area contributed by atoms with Gasteiger partial charge >= 0.3 is 5.97 Å². The van der Waals surface area contributed by atoms with Gasteiger partial charge in [0.25, 0.3) is 5.91 Å². The molecule has 3 aromatic rings. The van der Waals surface area contributed by atoms with E-state index in [1.54, 1.807) is 48.5 Å². The zero-order valence-corrected chi connectivity index (χ0v) is 21.2. The Kier molecular flexibility index (Phi) is 8.30. The van der Waals surface area contributed by atoms with Gasteiger partial charge in [0, 0.05) is 49.2 Å². The third kappa shape index (κ3) is 5.90. The van der Waals surface area contributed by atoms with E-state index in [1.165, 1.54) is 0 Å². The fourth-order valence-corrected chi connectivity index (χ4v) is 4.56. The van der Waals surface area contributed by atoms with Gasteiger partial charge in [0.2, 0.25) is 0 Å². The number of ether oxygens (including phenoxy) is 1. The number of carbonyl (C=O) groups excluding carboxylic acids is 1. The maximum Gasteiger partial charge on any atom is 0.338 e. The van der Waals surface area contributed by atoms with Crippen LogP contribution in [0.25, 0.3) is 11.1 Å². The molecule has 0 spiro atoms. The third-order valence-electron chi connectivity index (χ3n) is 6.28. The molecule has 3 heterocycles. The number of aromatic nitrogens is 2.